The van der Waals surface area contributed by atoms with Crippen LogP contribution < -0.4 is 9.47 Å². The van der Waals surface area contributed by atoms with Gasteiger partial charge in [0.15, 0.2) is 11.5 Å². The minimum Gasteiger partial charge on any atom is -0.486 e. The number of nitrogens with zero attached hydrogens (tertiary/aromatic N) is 2. The molecule has 2 heterocycles. The molecule has 2 aromatic rings. The van der Waals surface area contributed by atoms with E-state index >= 15 is 0 Å². The molecule has 1 aliphatic heterocycles. The van der Waals surface area contributed by atoms with Crippen molar-refractivity contribution in [1.82, 2.24) is 4.98 Å². The number of benzene rings is 1. The fourth-order valence-electron chi connectivity index (χ4n) is 1.94. The van der Waals surface area contributed by atoms with E-state index in [2.05, 4.69) is 11.1 Å². The third kappa shape index (κ3) is 1.76. The molecule has 0 saturated heterocycles. The van der Waals surface area contributed by atoms with Crippen LogP contribution in [0.15, 0.2) is 36.5 Å². The van der Waals surface area contributed by atoms with E-state index in [1.54, 1.807) is 6.20 Å². The molecule has 0 saturated carbocycles. The predicted molar refractivity (Wildman–Crippen MR) is 65.4 cm³/mol. The van der Waals surface area contributed by atoms with Crippen molar-refractivity contribution in [1.29, 1.82) is 5.26 Å². The molecule has 1 aromatic heterocycles. The lowest BCUT2D eigenvalue weighted by atomic mass is 10.0. The summed E-state index contributed by atoms with van der Waals surface area (Å²) in [5, 5.41) is 9.05. The highest BCUT2D eigenvalue weighted by molar-refractivity contribution is 5.71. The van der Waals surface area contributed by atoms with Crippen LogP contribution in [-0.4, -0.2) is 18.2 Å². The number of rotatable bonds is 1. The molecular weight excluding hydrogens is 228 g/mol. The molecule has 4 nitrogen and oxygen atoms in total. The van der Waals surface area contributed by atoms with Gasteiger partial charge in [0, 0.05) is 11.8 Å². The number of hydrogen-bond donors (Lipinski definition) is 0. The van der Waals surface area contributed by atoms with Gasteiger partial charge in [0.25, 0.3) is 0 Å². The van der Waals surface area contributed by atoms with Crippen LogP contribution in [0.25, 0.3) is 11.1 Å². The van der Waals surface area contributed by atoms with Crippen molar-refractivity contribution in [2.45, 2.75) is 0 Å². The number of aromatic nitrogens is 1. The van der Waals surface area contributed by atoms with Crippen LogP contribution in [-0.2, 0) is 0 Å². The summed E-state index contributed by atoms with van der Waals surface area (Å²) in [6, 6.07) is 11.4. The summed E-state index contributed by atoms with van der Waals surface area (Å²) in [4.78, 5) is 4.05. The lowest BCUT2D eigenvalue weighted by Crippen LogP contribution is -2.15. The van der Waals surface area contributed by atoms with Crippen molar-refractivity contribution >= 4 is 0 Å². The number of pyridine rings is 1. The third-order valence-electron chi connectivity index (χ3n) is 2.77. The predicted octanol–water partition coefficient (Wildman–Crippen LogP) is 2.39. The summed E-state index contributed by atoms with van der Waals surface area (Å²) in [6.07, 6.45) is 1.61. The topological polar surface area (TPSA) is 55.1 Å². The molecule has 4 heteroatoms. The first-order valence-electron chi connectivity index (χ1n) is 5.63. The van der Waals surface area contributed by atoms with Crippen LogP contribution in [0.4, 0.5) is 0 Å². The summed E-state index contributed by atoms with van der Waals surface area (Å²) in [7, 11) is 0. The molecule has 0 N–H and O–H groups in total. The van der Waals surface area contributed by atoms with E-state index < -0.39 is 0 Å². The van der Waals surface area contributed by atoms with E-state index in [0.717, 1.165) is 16.9 Å². The van der Waals surface area contributed by atoms with E-state index in [-0.39, 0.29) is 0 Å². The second-order valence-electron chi connectivity index (χ2n) is 3.87. The Morgan fingerprint density at radius 2 is 1.94 bits per heavy atom. The molecule has 1 aliphatic rings. The van der Waals surface area contributed by atoms with Gasteiger partial charge in [0.1, 0.15) is 25.0 Å². The van der Waals surface area contributed by atoms with Gasteiger partial charge >= 0.3 is 0 Å². The first-order valence-corrected chi connectivity index (χ1v) is 5.63. The summed E-state index contributed by atoms with van der Waals surface area (Å²) >= 11 is 0. The number of ether oxygens (including phenoxy) is 2. The Morgan fingerprint density at radius 3 is 2.78 bits per heavy atom. The molecule has 0 spiro atoms. The molecular formula is C14H10N2O2. The lowest BCUT2D eigenvalue weighted by Gasteiger charge is -2.19. The Kier molecular flexibility index (Phi) is 2.58. The van der Waals surface area contributed by atoms with E-state index in [1.165, 1.54) is 0 Å². The molecule has 0 unspecified atom stereocenters. The summed E-state index contributed by atoms with van der Waals surface area (Å²) in [5.41, 5.74) is 2.12. The molecule has 1 aromatic carbocycles. The quantitative estimate of drug-likeness (QED) is 0.765. The average Bonchev–Trinajstić information content (AvgIpc) is 2.46. The van der Waals surface area contributed by atoms with Crippen molar-refractivity contribution in [3.8, 4) is 28.7 Å². The van der Waals surface area contributed by atoms with E-state index in [0.29, 0.717) is 24.7 Å². The summed E-state index contributed by atoms with van der Waals surface area (Å²) in [5.74, 6) is 1.46. The van der Waals surface area contributed by atoms with Crippen LogP contribution in [0.3, 0.4) is 0 Å². The molecule has 18 heavy (non-hydrogen) atoms. The van der Waals surface area contributed by atoms with E-state index in [9.17, 15) is 0 Å². The molecule has 0 atom stereocenters. The van der Waals surface area contributed by atoms with Crippen molar-refractivity contribution in [2.75, 3.05) is 13.2 Å². The van der Waals surface area contributed by atoms with Gasteiger partial charge in [-0.25, -0.2) is 4.98 Å². The highest BCUT2D eigenvalue weighted by Crippen LogP contribution is 2.34. The monoisotopic (exact) mass is 238 g/mol. The van der Waals surface area contributed by atoms with Crippen LogP contribution in [0, 0.1) is 11.3 Å². The number of nitriles is 1. The lowest BCUT2D eigenvalue weighted by molar-refractivity contribution is 0.171. The standard InChI is InChI=1S/C14H10N2O2/c15-9-12-11(2-1-5-16-12)10-3-4-13-14(8-10)18-7-6-17-13/h1-5,8H,6-7H2. The number of fused-ring (bicyclic) bond motifs is 1. The fourth-order valence-corrected chi connectivity index (χ4v) is 1.94. The largest absolute Gasteiger partial charge is 0.486 e. The molecule has 88 valence electrons. The Morgan fingerprint density at radius 1 is 1.11 bits per heavy atom. The van der Waals surface area contributed by atoms with Gasteiger partial charge in [-0.3, -0.25) is 0 Å². The smallest absolute Gasteiger partial charge is 0.161 e. The molecule has 0 radical (unpaired) electrons. The van der Waals surface area contributed by atoms with Crippen molar-refractivity contribution in [3.05, 3.63) is 42.2 Å². The van der Waals surface area contributed by atoms with Crippen molar-refractivity contribution in [3.63, 3.8) is 0 Å². The van der Waals surface area contributed by atoms with Crippen LogP contribution in [0.2, 0.25) is 0 Å². The zero-order chi connectivity index (χ0) is 12.4. The summed E-state index contributed by atoms with van der Waals surface area (Å²) in [6.45, 7) is 1.12. The Balaban J connectivity index is 2.10. The maximum absolute atomic E-state index is 9.05. The fraction of sp³-hybridized carbons (Fsp3) is 0.143. The molecule has 0 aliphatic carbocycles. The summed E-state index contributed by atoms with van der Waals surface area (Å²) < 4.78 is 11.0. The van der Waals surface area contributed by atoms with Crippen molar-refractivity contribution < 1.29 is 9.47 Å². The first kappa shape index (κ1) is 10.6. The van der Waals surface area contributed by atoms with Gasteiger partial charge < -0.3 is 9.47 Å². The van der Waals surface area contributed by atoms with Crippen molar-refractivity contribution in [2.24, 2.45) is 0 Å². The first-order chi connectivity index (χ1) is 8.88. The van der Waals surface area contributed by atoms with E-state index in [4.69, 9.17) is 14.7 Å². The van der Waals surface area contributed by atoms with Gasteiger partial charge in [-0.15, -0.1) is 0 Å². The molecule has 0 bridgehead atoms. The second-order valence-corrected chi connectivity index (χ2v) is 3.87. The minimum absolute atomic E-state index is 0.411. The molecule has 3 rings (SSSR count). The highest BCUT2D eigenvalue weighted by Gasteiger charge is 2.13. The maximum Gasteiger partial charge on any atom is 0.161 e. The zero-order valence-corrected chi connectivity index (χ0v) is 9.59. The van der Waals surface area contributed by atoms with Gasteiger partial charge in [-0.2, -0.15) is 5.26 Å². The number of hydrogen-bond acceptors (Lipinski definition) is 4. The third-order valence-corrected chi connectivity index (χ3v) is 2.77. The Hall–Kier alpha value is -2.54. The van der Waals surface area contributed by atoms with Gasteiger partial charge in [-0.1, -0.05) is 6.07 Å². The van der Waals surface area contributed by atoms with Gasteiger partial charge in [-0.05, 0) is 29.8 Å². The zero-order valence-electron chi connectivity index (χ0n) is 9.59. The normalized spacial score (nSPS) is 12.8. The Bertz CT molecular complexity index is 632. The van der Waals surface area contributed by atoms with E-state index in [1.807, 2.05) is 30.3 Å². The van der Waals surface area contributed by atoms with Gasteiger partial charge in [0.2, 0.25) is 0 Å². The van der Waals surface area contributed by atoms with Crippen LogP contribution >= 0.6 is 0 Å². The minimum atomic E-state index is 0.411. The molecule has 0 amide bonds. The maximum atomic E-state index is 9.05. The second kappa shape index (κ2) is 4.38. The van der Waals surface area contributed by atoms with Crippen LogP contribution in [0.1, 0.15) is 5.69 Å². The van der Waals surface area contributed by atoms with Crippen LogP contribution in [0.5, 0.6) is 11.5 Å². The van der Waals surface area contributed by atoms with Gasteiger partial charge in [0.05, 0.1) is 0 Å². The molecule has 0 fully saturated rings. The highest BCUT2D eigenvalue weighted by atomic mass is 16.6. The SMILES string of the molecule is N#Cc1ncccc1-c1ccc2c(c1)OCCO2. The Labute approximate surface area is 104 Å². The average molecular weight is 238 g/mol.